The highest BCUT2D eigenvalue weighted by Gasteiger charge is 2.33. The minimum Gasteiger partial charge on any atom is -0.388 e. The van der Waals surface area contributed by atoms with Crippen LogP contribution in [0.15, 0.2) is 0 Å². The minimum atomic E-state index is -0.889. The fourth-order valence-electron chi connectivity index (χ4n) is 0.937. The maximum atomic E-state index is 9.06. The predicted molar refractivity (Wildman–Crippen MR) is 32.0 cm³/mol. The Labute approximate surface area is 58.7 Å². The zero-order chi connectivity index (χ0) is 7.56. The third-order valence-corrected chi connectivity index (χ3v) is 1.55. The molecule has 0 amide bonds. The Balaban J connectivity index is 2.43. The Kier molecular flexibility index (Phi) is 2.22. The number of nitriles is 1. The van der Waals surface area contributed by atoms with Crippen LogP contribution in [0.5, 0.6) is 0 Å². The van der Waals surface area contributed by atoms with Crippen molar-refractivity contribution in [2.45, 2.75) is 24.7 Å². The smallest absolute Gasteiger partial charge is 0.109 e. The van der Waals surface area contributed by atoms with Crippen LogP contribution in [0.25, 0.3) is 0 Å². The van der Waals surface area contributed by atoms with Crippen LogP contribution in [-0.4, -0.2) is 35.1 Å². The number of hydrogen-bond acceptors (Lipinski definition) is 4. The molecule has 0 unspecified atom stereocenters. The highest BCUT2D eigenvalue weighted by atomic mass is 16.5. The second-order valence-electron chi connectivity index (χ2n) is 2.29. The maximum Gasteiger partial charge on any atom is 0.109 e. The van der Waals surface area contributed by atoms with Crippen molar-refractivity contribution in [3.05, 3.63) is 0 Å². The van der Waals surface area contributed by atoms with Crippen molar-refractivity contribution in [3.63, 3.8) is 0 Å². The molecule has 4 nitrogen and oxygen atoms in total. The molecule has 0 aliphatic carbocycles. The Bertz CT molecular complexity index is 154. The second kappa shape index (κ2) is 2.97. The third-order valence-electron chi connectivity index (χ3n) is 1.55. The van der Waals surface area contributed by atoms with E-state index < -0.39 is 18.3 Å². The van der Waals surface area contributed by atoms with E-state index in [4.69, 9.17) is 20.2 Å². The Morgan fingerprint density at radius 1 is 1.60 bits per heavy atom. The number of hydrogen-bond donors (Lipinski definition) is 2. The van der Waals surface area contributed by atoms with Gasteiger partial charge in [0.05, 0.1) is 25.2 Å². The van der Waals surface area contributed by atoms with E-state index in [1.807, 2.05) is 6.07 Å². The topological polar surface area (TPSA) is 73.5 Å². The normalized spacial score (nSPS) is 39.5. The Morgan fingerprint density at radius 2 is 2.30 bits per heavy atom. The molecule has 0 radical (unpaired) electrons. The van der Waals surface area contributed by atoms with Crippen molar-refractivity contribution in [1.82, 2.24) is 0 Å². The van der Waals surface area contributed by atoms with Gasteiger partial charge in [-0.15, -0.1) is 0 Å². The Hall–Kier alpha value is -0.630. The molecule has 10 heavy (non-hydrogen) atoms. The van der Waals surface area contributed by atoms with Crippen LogP contribution < -0.4 is 0 Å². The van der Waals surface area contributed by atoms with E-state index in [9.17, 15) is 0 Å². The first-order valence-electron chi connectivity index (χ1n) is 3.10. The van der Waals surface area contributed by atoms with Crippen molar-refractivity contribution >= 4 is 0 Å². The van der Waals surface area contributed by atoms with E-state index >= 15 is 0 Å². The summed E-state index contributed by atoms with van der Waals surface area (Å²) in [5, 5.41) is 26.2. The summed E-state index contributed by atoms with van der Waals surface area (Å²) in [6, 6.07) is 1.86. The Morgan fingerprint density at radius 3 is 2.70 bits per heavy atom. The molecule has 0 spiro atoms. The minimum absolute atomic E-state index is 0.132. The van der Waals surface area contributed by atoms with Crippen LogP contribution in [0.1, 0.15) is 6.42 Å². The fraction of sp³-hybridized carbons (Fsp3) is 0.833. The summed E-state index contributed by atoms with van der Waals surface area (Å²) in [7, 11) is 0. The summed E-state index contributed by atoms with van der Waals surface area (Å²) in [5.74, 6) is 0. The lowest BCUT2D eigenvalue weighted by Crippen LogP contribution is -2.29. The monoisotopic (exact) mass is 143 g/mol. The van der Waals surface area contributed by atoms with Crippen molar-refractivity contribution < 1.29 is 14.9 Å². The summed E-state index contributed by atoms with van der Waals surface area (Å²) in [6.45, 7) is 0.132. The molecule has 1 fully saturated rings. The molecule has 2 N–H and O–H groups in total. The van der Waals surface area contributed by atoms with Crippen molar-refractivity contribution in [1.29, 1.82) is 5.26 Å². The van der Waals surface area contributed by atoms with Crippen LogP contribution in [0.3, 0.4) is 0 Å². The van der Waals surface area contributed by atoms with Gasteiger partial charge in [-0.1, -0.05) is 0 Å². The SMILES string of the molecule is N#CC[C@H]1OC[C@@H](O)[C@H]1O. The van der Waals surface area contributed by atoms with Crippen molar-refractivity contribution in [3.8, 4) is 6.07 Å². The molecule has 1 rings (SSSR count). The molecular weight excluding hydrogens is 134 g/mol. The standard InChI is InChI=1S/C6H9NO3/c7-2-1-5-6(9)4(8)3-10-5/h4-6,8-9H,1,3H2/t4-,5-,6-/m1/s1. The van der Waals surface area contributed by atoms with Gasteiger partial charge in [-0.2, -0.15) is 5.26 Å². The quantitative estimate of drug-likeness (QED) is 0.495. The molecule has 4 heteroatoms. The largest absolute Gasteiger partial charge is 0.388 e. The summed E-state index contributed by atoms with van der Waals surface area (Å²) >= 11 is 0. The number of ether oxygens (including phenoxy) is 1. The van der Waals surface area contributed by atoms with Crippen molar-refractivity contribution in [2.24, 2.45) is 0 Å². The van der Waals surface area contributed by atoms with E-state index in [-0.39, 0.29) is 13.0 Å². The number of rotatable bonds is 1. The van der Waals surface area contributed by atoms with Crippen molar-refractivity contribution in [2.75, 3.05) is 6.61 Å². The molecule has 1 aliphatic heterocycles. The van der Waals surface area contributed by atoms with Gasteiger partial charge in [0.2, 0.25) is 0 Å². The van der Waals surface area contributed by atoms with Gasteiger partial charge < -0.3 is 14.9 Å². The van der Waals surface area contributed by atoms with Gasteiger partial charge in [0.1, 0.15) is 12.2 Å². The lowest BCUT2D eigenvalue weighted by molar-refractivity contribution is 0.0257. The fourth-order valence-corrected chi connectivity index (χ4v) is 0.937. The van der Waals surface area contributed by atoms with Crippen LogP contribution >= 0.6 is 0 Å². The molecule has 0 saturated carbocycles. The van der Waals surface area contributed by atoms with Gasteiger partial charge in [-0.3, -0.25) is 0 Å². The molecule has 1 aliphatic rings. The highest BCUT2D eigenvalue weighted by molar-refractivity contribution is 4.89. The van der Waals surface area contributed by atoms with Gasteiger partial charge in [0.15, 0.2) is 0 Å². The number of nitrogens with zero attached hydrogens (tertiary/aromatic N) is 1. The van der Waals surface area contributed by atoms with E-state index in [1.54, 1.807) is 0 Å². The average Bonchev–Trinajstić information content (AvgIpc) is 2.20. The summed E-state index contributed by atoms with van der Waals surface area (Å²) < 4.78 is 4.90. The van der Waals surface area contributed by atoms with E-state index in [1.165, 1.54) is 0 Å². The van der Waals surface area contributed by atoms with E-state index in [0.29, 0.717) is 0 Å². The molecule has 0 aromatic rings. The van der Waals surface area contributed by atoms with Gasteiger partial charge in [-0.05, 0) is 0 Å². The van der Waals surface area contributed by atoms with Gasteiger partial charge in [0.25, 0.3) is 0 Å². The third kappa shape index (κ3) is 1.27. The molecule has 1 heterocycles. The van der Waals surface area contributed by atoms with Gasteiger partial charge in [-0.25, -0.2) is 0 Å². The second-order valence-corrected chi connectivity index (χ2v) is 2.29. The lowest BCUT2D eigenvalue weighted by Gasteiger charge is -2.09. The molecule has 0 aromatic carbocycles. The summed E-state index contributed by atoms with van der Waals surface area (Å²) in [5.41, 5.74) is 0. The molecule has 56 valence electrons. The first-order valence-corrected chi connectivity index (χ1v) is 3.10. The first kappa shape index (κ1) is 7.48. The average molecular weight is 143 g/mol. The van der Waals surface area contributed by atoms with Gasteiger partial charge in [0, 0.05) is 0 Å². The van der Waals surface area contributed by atoms with Gasteiger partial charge >= 0.3 is 0 Å². The maximum absolute atomic E-state index is 9.06. The molecule has 3 atom stereocenters. The lowest BCUT2D eigenvalue weighted by atomic mass is 10.1. The predicted octanol–water partition coefficient (Wildman–Crippen LogP) is -0.979. The summed E-state index contributed by atoms with van der Waals surface area (Å²) in [6.07, 6.45) is -2.07. The number of aliphatic hydroxyl groups is 2. The zero-order valence-corrected chi connectivity index (χ0v) is 5.40. The first-order chi connectivity index (χ1) is 4.75. The molecule has 0 aromatic heterocycles. The van der Waals surface area contributed by atoms with E-state index in [2.05, 4.69) is 0 Å². The molecular formula is C6H9NO3. The number of aliphatic hydroxyl groups excluding tert-OH is 2. The highest BCUT2D eigenvalue weighted by Crippen LogP contribution is 2.16. The zero-order valence-electron chi connectivity index (χ0n) is 5.40. The summed E-state index contributed by atoms with van der Waals surface area (Å²) in [4.78, 5) is 0. The van der Waals surface area contributed by atoms with Crippen LogP contribution in [0.2, 0.25) is 0 Å². The van der Waals surface area contributed by atoms with Crippen LogP contribution in [-0.2, 0) is 4.74 Å². The van der Waals surface area contributed by atoms with E-state index in [0.717, 1.165) is 0 Å². The molecule has 0 bridgehead atoms. The van der Waals surface area contributed by atoms with Crippen LogP contribution in [0, 0.1) is 11.3 Å². The molecule has 1 saturated heterocycles. The van der Waals surface area contributed by atoms with Crippen LogP contribution in [0.4, 0.5) is 0 Å².